The summed E-state index contributed by atoms with van der Waals surface area (Å²) in [6.45, 7) is 2.68. The molecule has 0 saturated heterocycles. The van der Waals surface area contributed by atoms with Gasteiger partial charge in [-0.2, -0.15) is 13.2 Å². The van der Waals surface area contributed by atoms with Gasteiger partial charge in [-0.05, 0) is 31.0 Å². The third-order valence-corrected chi connectivity index (χ3v) is 2.73. The topological polar surface area (TPSA) is 71.7 Å². The van der Waals surface area contributed by atoms with Gasteiger partial charge in [0.2, 0.25) is 5.96 Å². The minimum absolute atomic E-state index is 0.202. The first-order valence-corrected chi connectivity index (χ1v) is 6.33. The number of hydrogen-bond donors (Lipinski definition) is 3. The van der Waals surface area contributed by atoms with E-state index in [1.165, 1.54) is 6.07 Å². The Labute approximate surface area is 121 Å². The largest absolute Gasteiger partial charge is 0.416 e. The van der Waals surface area contributed by atoms with E-state index in [0.29, 0.717) is 30.8 Å². The van der Waals surface area contributed by atoms with Gasteiger partial charge < -0.3 is 10.1 Å². The number of guanidine groups is 1. The van der Waals surface area contributed by atoms with Gasteiger partial charge >= 0.3 is 6.18 Å². The molecule has 1 aromatic carbocycles. The molecule has 0 spiro atoms. The van der Waals surface area contributed by atoms with Gasteiger partial charge in [0.25, 0.3) is 0 Å². The molecular formula is C13H19F3N4O. The second-order valence-corrected chi connectivity index (χ2v) is 4.37. The lowest BCUT2D eigenvalue weighted by molar-refractivity contribution is -0.137. The van der Waals surface area contributed by atoms with Crippen LogP contribution in [0.4, 0.5) is 18.9 Å². The van der Waals surface area contributed by atoms with Crippen LogP contribution in [0.15, 0.2) is 23.2 Å². The number of nitrogens with zero attached hydrogens (tertiary/aromatic N) is 1. The molecule has 0 amide bonds. The van der Waals surface area contributed by atoms with Crippen LogP contribution in [0.5, 0.6) is 0 Å². The molecule has 5 nitrogen and oxygen atoms in total. The zero-order chi connectivity index (χ0) is 15.9. The number of ether oxygens (including phenoxy) is 1. The Morgan fingerprint density at radius 1 is 1.38 bits per heavy atom. The number of rotatable bonds is 5. The van der Waals surface area contributed by atoms with Crippen molar-refractivity contribution in [3.63, 3.8) is 0 Å². The lowest BCUT2D eigenvalue weighted by Gasteiger charge is -2.14. The Bertz CT molecular complexity index is 489. The van der Waals surface area contributed by atoms with Crippen LogP contribution in [0.1, 0.15) is 17.5 Å². The lowest BCUT2D eigenvalue weighted by atomic mass is 10.1. The van der Waals surface area contributed by atoms with Crippen LogP contribution in [-0.2, 0) is 10.9 Å². The predicted molar refractivity (Wildman–Crippen MR) is 75.9 cm³/mol. The molecule has 0 atom stereocenters. The van der Waals surface area contributed by atoms with Crippen LogP contribution < -0.4 is 16.6 Å². The summed E-state index contributed by atoms with van der Waals surface area (Å²) in [5.41, 5.74) is 2.55. The number of halogens is 3. The maximum atomic E-state index is 12.7. The minimum Gasteiger partial charge on any atom is -0.385 e. The molecule has 1 rings (SSSR count). The Hall–Kier alpha value is -1.80. The summed E-state index contributed by atoms with van der Waals surface area (Å²) in [4.78, 5) is 4.12. The average molecular weight is 304 g/mol. The third kappa shape index (κ3) is 5.60. The molecule has 21 heavy (non-hydrogen) atoms. The molecule has 8 heteroatoms. The van der Waals surface area contributed by atoms with Crippen LogP contribution in [0.2, 0.25) is 0 Å². The van der Waals surface area contributed by atoms with Gasteiger partial charge in [-0.3, -0.25) is 10.4 Å². The van der Waals surface area contributed by atoms with E-state index in [1.54, 1.807) is 14.0 Å². The highest BCUT2D eigenvalue weighted by Crippen LogP contribution is 2.31. The van der Waals surface area contributed by atoms with Gasteiger partial charge in [0.1, 0.15) is 0 Å². The number of methoxy groups -OCH3 is 1. The molecule has 0 aliphatic heterocycles. The van der Waals surface area contributed by atoms with Gasteiger partial charge in [-0.1, -0.05) is 6.07 Å². The molecule has 0 radical (unpaired) electrons. The molecule has 0 fully saturated rings. The fourth-order valence-electron chi connectivity index (χ4n) is 1.58. The fraction of sp³-hybridized carbons (Fsp3) is 0.462. The van der Waals surface area contributed by atoms with Crippen molar-refractivity contribution in [2.75, 3.05) is 25.6 Å². The smallest absolute Gasteiger partial charge is 0.385 e. The maximum absolute atomic E-state index is 12.7. The number of alkyl halides is 3. The highest BCUT2D eigenvalue weighted by molar-refractivity contribution is 5.94. The van der Waals surface area contributed by atoms with E-state index in [1.807, 2.05) is 0 Å². The third-order valence-electron chi connectivity index (χ3n) is 2.73. The molecule has 4 N–H and O–H groups in total. The standard InChI is InChI=1S/C13H19F3N4O/c1-9-4-5-10(13(14,15)16)8-11(9)19-12(20-17)18-6-3-7-21-2/h4-5,8H,3,6-7,17H2,1-2H3,(H2,18,19,20). The normalized spacial score (nSPS) is 12.4. The second-order valence-electron chi connectivity index (χ2n) is 4.37. The number of hydrazine groups is 1. The summed E-state index contributed by atoms with van der Waals surface area (Å²) in [6, 6.07) is 3.45. The Morgan fingerprint density at radius 3 is 2.67 bits per heavy atom. The van der Waals surface area contributed by atoms with Crippen molar-refractivity contribution in [1.29, 1.82) is 0 Å². The summed E-state index contributed by atoms with van der Waals surface area (Å²) in [5, 5.41) is 2.76. The van der Waals surface area contributed by atoms with E-state index in [0.717, 1.165) is 12.1 Å². The fourth-order valence-corrected chi connectivity index (χ4v) is 1.58. The van der Waals surface area contributed by atoms with Gasteiger partial charge in [0.15, 0.2) is 0 Å². The molecule has 0 unspecified atom stereocenters. The molecule has 0 saturated carbocycles. The van der Waals surface area contributed by atoms with Crippen molar-refractivity contribution in [1.82, 2.24) is 5.43 Å². The second kappa shape index (κ2) is 7.84. The zero-order valence-electron chi connectivity index (χ0n) is 11.9. The van der Waals surface area contributed by atoms with E-state index in [4.69, 9.17) is 10.6 Å². The molecule has 118 valence electrons. The van der Waals surface area contributed by atoms with Crippen LogP contribution in [0, 0.1) is 6.92 Å². The van der Waals surface area contributed by atoms with Gasteiger partial charge in [0.05, 0.1) is 5.56 Å². The Morgan fingerprint density at radius 2 is 2.10 bits per heavy atom. The number of nitrogens with two attached hydrogens (primary N) is 1. The SMILES string of the molecule is COCCCN=C(NN)Nc1cc(C(F)(F)F)ccc1C. The first-order valence-electron chi connectivity index (χ1n) is 6.33. The number of aliphatic imine (C=N–C) groups is 1. The monoisotopic (exact) mass is 304 g/mol. The van der Waals surface area contributed by atoms with Crippen molar-refractivity contribution in [3.8, 4) is 0 Å². The van der Waals surface area contributed by atoms with E-state index in [9.17, 15) is 13.2 Å². The number of anilines is 1. The summed E-state index contributed by atoms with van der Waals surface area (Å²) in [6.07, 6.45) is -3.71. The average Bonchev–Trinajstić information content (AvgIpc) is 2.43. The van der Waals surface area contributed by atoms with Crippen LogP contribution in [0.25, 0.3) is 0 Å². The van der Waals surface area contributed by atoms with E-state index < -0.39 is 11.7 Å². The summed E-state index contributed by atoms with van der Waals surface area (Å²) in [7, 11) is 1.58. The molecule has 0 heterocycles. The van der Waals surface area contributed by atoms with Gasteiger partial charge in [-0.25, -0.2) is 5.84 Å². The van der Waals surface area contributed by atoms with E-state index >= 15 is 0 Å². The molecule has 0 aliphatic carbocycles. The first kappa shape index (κ1) is 17.3. The molecule has 0 bridgehead atoms. The number of nitrogens with one attached hydrogen (secondary N) is 2. The van der Waals surface area contributed by atoms with E-state index in [2.05, 4.69) is 15.7 Å². The highest BCUT2D eigenvalue weighted by atomic mass is 19.4. The maximum Gasteiger partial charge on any atom is 0.416 e. The van der Waals surface area contributed by atoms with Gasteiger partial charge in [0, 0.05) is 25.9 Å². The quantitative estimate of drug-likeness (QED) is 0.257. The summed E-state index contributed by atoms with van der Waals surface area (Å²) >= 11 is 0. The first-order chi connectivity index (χ1) is 9.88. The molecule has 0 aromatic heterocycles. The molecule has 1 aromatic rings. The Kier molecular flexibility index (Phi) is 6.44. The van der Waals surface area contributed by atoms with Crippen molar-refractivity contribution in [2.24, 2.45) is 10.8 Å². The Balaban J connectivity index is 2.84. The zero-order valence-corrected chi connectivity index (χ0v) is 11.9. The van der Waals surface area contributed by atoms with E-state index in [-0.39, 0.29) is 5.96 Å². The van der Waals surface area contributed by atoms with Crippen molar-refractivity contribution in [2.45, 2.75) is 19.5 Å². The number of aryl methyl sites for hydroxylation is 1. The lowest BCUT2D eigenvalue weighted by Crippen LogP contribution is -2.36. The van der Waals surface area contributed by atoms with Crippen molar-refractivity contribution in [3.05, 3.63) is 29.3 Å². The predicted octanol–water partition coefficient (Wildman–Crippen LogP) is 2.28. The van der Waals surface area contributed by atoms with Crippen LogP contribution in [-0.4, -0.2) is 26.2 Å². The number of benzene rings is 1. The van der Waals surface area contributed by atoms with Crippen LogP contribution in [0.3, 0.4) is 0 Å². The number of hydrogen-bond acceptors (Lipinski definition) is 3. The molecular weight excluding hydrogens is 285 g/mol. The minimum atomic E-state index is -4.39. The molecule has 0 aliphatic rings. The summed E-state index contributed by atoms with van der Waals surface area (Å²) in [5.74, 6) is 5.51. The van der Waals surface area contributed by atoms with Gasteiger partial charge in [-0.15, -0.1) is 0 Å². The summed E-state index contributed by atoms with van der Waals surface area (Å²) < 4.78 is 43.0. The highest BCUT2D eigenvalue weighted by Gasteiger charge is 2.30. The van der Waals surface area contributed by atoms with Crippen LogP contribution >= 0.6 is 0 Å². The van der Waals surface area contributed by atoms with Crippen molar-refractivity contribution >= 4 is 11.6 Å². The van der Waals surface area contributed by atoms with Crippen molar-refractivity contribution < 1.29 is 17.9 Å².